The molecule has 1 atom stereocenters. The zero-order valence-electron chi connectivity index (χ0n) is 14.1. The van der Waals surface area contributed by atoms with E-state index in [1.54, 1.807) is 13.2 Å². The number of amides is 1. The first kappa shape index (κ1) is 16.2. The normalized spacial score (nSPS) is 23.3. The second-order valence-corrected chi connectivity index (χ2v) is 6.65. The standard InChI is InChI=1S/C18H28N4O/c1-19-18(23)16-9-6-10-20-17(16)22-13-7-8-15(14-22)21-11-4-2-3-5-12-21/h6,9-10,15H,2-5,7-8,11-14H2,1H3,(H,19,23). The number of hydrogen-bond acceptors (Lipinski definition) is 4. The van der Waals surface area contributed by atoms with Crippen LogP contribution in [0.25, 0.3) is 0 Å². The number of rotatable bonds is 3. The molecule has 0 saturated carbocycles. The predicted molar refractivity (Wildman–Crippen MR) is 92.9 cm³/mol. The first-order valence-electron chi connectivity index (χ1n) is 8.95. The summed E-state index contributed by atoms with van der Waals surface area (Å²) in [4.78, 5) is 21.6. The lowest BCUT2D eigenvalue weighted by atomic mass is 10.0. The molecule has 5 heteroatoms. The SMILES string of the molecule is CNC(=O)c1cccnc1N1CCCC(N2CCCCCC2)C1. The lowest BCUT2D eigenvalue weighted by Gasteiger charge is -2.40. The highest BCUT2D eigenvalue weighted by molar-refractivity contribution is 5.98. The highest BCUT2D eigenvalue weighted by atomic mass is 16.1. The molecule has 1 aromatic rings. The van der Waals surface area contributed by atoms with E-state index in [4.69, 9.17) is 0 Å². The third kappa shape index (κ3) is 3.83. The molecule has 1 aromatic heterocycles. The van der Waals surface area contributed by atoms with E-state index in [9.17, 15) is 4.79 Å². The molecule has 5 nitrogen and oxygen atoms in total. The highest BCUT2D eigenvalue weighted by Crippen LogP contribution is 2.25. The minimum Gasteiger partial charge on any atom is -0.355 e. The number of pyridine rings is 1. The van der Waals surface area contributed by atoms with Crippen LogP contribution in [0.15, 0.2) is 18.3 Å². The van der Waals surface area contributed by atoms with Gasteiger partial charge in [-0.25, -0.2) is 4.98 Å². The average molecular weight is 316 g/mol. The van der Waals surface area contributed by atoms with E-state index in [0.29, 0.717) is 11.6 Å². The van der Waals surface area contributed by atoms with E-state index in [-0.39, 0.29) is 5.91 Å². The highest BCUT2D eigenvalue weighted by Gasteiger charge is 2.28. The van der Waals surface area contributed by atoms with Crippen LogP contribution in [-0.2, 0) is 0 Å². The Bertz CT molecular complexity index is 526. The monoisotopic (exact) mass is 316 g/mol. The third-order valence-corrected chi connectivity index (χ3v) is 5.11. The van der Waals surface area contributed by atoms with Crippen molar-refractivity contribution in [1.82, 2.24) is 15.2 Å². The van der Waals surface area contributed by atoms with Crippen molar-refractivity contribution in [2.75, 3.05) is 38.1 Å². The second kappa shape index (κ2) is 7.77. The topological polar surface area (TPSA) is 48.5 Å². The third-order valence-electron chi connectivity index (χ3n) is 5.11. The van der Waals surface area contributed by atoms with Crippen LogP contribution < -0.4 is 10.2 Å². The molecule has 2 aliphatic heterocycles. The molecule has 0 radical (unpaired) electrons. The van der Waals surface area contributed by atoms with E-state index < -0.39 is 0 Å². The molecule has 126 valence electrons. The molecule has 0 bridgehead atoms. The van der Waals surface area contributed by atoms with Gasteiger partial charge in [0.05, 0.1) is 5.56 Å². The average Bonchev–Trinajstić information content (AvgIpc) is 2.90. The summed E-state index contributed by atoms with van der Waals surface area (Å²) >= 11 is 0. The summed E-state index contributed by atoms with van der Waals surface area (Å²) in [5, 5.41) is 2.73. The van der Waals surface area contributed by atoms with Crippen molar-refractivity contribution < 1.29 is 4.79 Å². The Morgan fingerprint density at radius 1 is 1.17 bits per heavy atom. The van der Waals surface area contributed by atoms with Crippen LogP contribution in [0.4, 0.5) is 5.82 Å². The van der Waals surface area contributed by atoms with Gasteiger partial charge < -0.3 is 10.2 Å². The largest absolute Gasteiger partial charge is 0.355 e. The molecular weight excluding hydrogens is 288 g/mol. The Morgan fingerprint density at radius 3 is 2.70 bits per heavy atom. The van der Waals surface area contributed by atoms with Crippen LogP contribution in [0.1, 0.15) is 48.9 Å². The summed E-state index contributed by atoms with van der Waals surface area (Å²) in [6.45, 7) is 4.43. The van der Waals surface area contributed by atoms with Crippen LogP contribution in [0.3, 0.4) is 0 Å². The van der Waals surface area contributed by atoms with Crippen LogP contribution in [0.5, 0.6) is 0 Å². The number of hydrogen-bond donors (Lipinski definition) is 1. The predicted octanol–water partition coefficient (Wildman–Crippen LogP) is 2.29. The molecule has 1 N–H and O–H groups in total. The number of carbonyl (C=O) groups excluding carboxylic acids is 1. The van der Waals surface area contributed by atoms with Gasteiger partial charge in [0, 0.05) is 32.4 Å². The van der Waals surface area contributed by atoms with Crippen molar-refractivity contribution in [3.8, 4) is 0 Å². The van der Waals surface area contributed by atoms with Crippen molar-refractivity contribution in [1.29, 1.82) is 0 Å². The van der Waals surface area contributed by atoms with E-state index >= 15 is 0 Å². The van der Waals surface area contributed by atoms with Gasteiger partial charge in [0.15, 0.2) is 0 Å². The van der Waals surface area contributed by atoms with Crippen molar-refractivity contribution in [2.24, 2.45) is 0 Å². The Morgan fingerprint density at radius 2 is 1.96 bits per heavy atom. The van der Waals surface area contributed by atoms with Gasteiger partial charge in [-0.1, -0.05) is 12.8 Å². The molecule has 3 heterocycles. The van der Waals surface area contributed by atoms with Crippen molar-refractivity contribution >= 4 is 11.7 Å². The van der Waals surface area contributed by atoms with Crippen LogP contribution >= 0.6 is 0 Å². The van der Waals surface area contributed by atoms with Gasteiger partial charge in [-0.3, -0.25) is 9.69 Å². The summed E-state index contributed by atoms with van der Waals surface area (Å²) in [7, 11) is 1.68. The minimum absolute atomic E-state index is 0.0509. The Labute approximate surface area is 139 Å². The van der Waals surface area contributed by atoms with Crippen LogP contribution in [0, 0.1) is 0 Å². The second-order valence-electron chi connectivity index (χ2n) is 6.65. The molecule has 2 fully saturated rings. The molecule has 0 spiro atoms. The van der Waals surface area contributed by atoms with E-state index in [1.165, 1.54) is 51.6 Å². The zero-order valence-corrected chi connectivity index (χ0v) is 14.1. The summed E-state index contributed by atoms with van der Waals surface area (Å²) < 4.78 is 0. The molecule has 0 aliphatic carbocycles. The van der Waals surface area contributed by atoms with Gasteiger partial charge in [-0.15, -0.1) is 0 Å². The number of anilines is 1. The van der Waals surface area contributed by atoms with Crippen molar-refractivity contribution in [3.05, 3.63) is 23.9 Å². The quantitative estimate of drug-likeness (QED) is 0.929. The Kier molecular flexibility index (Phi) is 5.49. The van der Waals surface area contributed by atoms with Gasteiger partial charge in [-0.05, 0) is 50.9 Å². The van der Waals surface area contributed by atoms with Crippen LogP contribution in [-0.4, -0.2) is 55.1 Å². The van der Waals surface area contributed by atoms with Gasteiger partial charge in [-0.2, -0.15) is 0 Å². The van der Waals surface area contributed by atoms with E-state index in [2.05, 4.69) is 20.1 Å². The number of nitrogens with one attached hydrogen (secondary N) is 1. The molecule has 2 aliphatic rings. The van der Waals surface area contributed by atoms with E-state index in [0.717, 1.165) is 18.9 Å². The van der Waals surface area contributed by atoms with Gasteiger partial charge in [0.1, 0.15) is 5.82 Å². The molecule has 0 aromatic carbocycles. The maximum Gasteiger partial charge on any atom is 0.254 e. The van der Waals surface area contributed by atoms with Gasteiger partial charge in [0.2, 0.25) is 0 Å². The fourth-order valence-electron chi connectivity index (χ4n) is 3.87. The van der Waals surface area contributed by atoms with Gasteiger partial charge in [0.25, 0.3) is 5.91 Å². The maximum atomic E-state index is 12.1. The number of likely N-dealkylation sites (tertiary alicyclic amines) is 1. The maximum absolute atomic E-state index is 12.1. The van der Waals surface area contributed by atoms with Crippen molar-refractivity contribution in [3.63, 3.8) is 0 Å². The lowest BCUT2D eigenvalue weighted by Crippen LogP contribution is -2.49. The number of aromatic nitrogens is 1. The minimum atomic E-state index is -0.0509. The fraction of sp³-hybridized carbons (Fsp3) is 0.667. The first-order chi connectivity index (χ1) is 11.3. The molecule has 2 saturated heterocycles. The zero-order chi connectivity index (χ0) is 16.1. The number of carbonyl (C=O) groups is 1. The number of nitrogens with zero attached hydrogens (tertiary/aromatic N) is 3. The molecule has 23 heavy (non-hydrogen) atoms. The molecule has 1 amide bonds. The van der Waals surface area contributed by atoms with Gasteiger partial charge >= 0.3 is 0 Å². The lowest BCUT2D eigenvalue weighted by molar-refractivity contribution is 0.0963. The summed E-state index contributed by atoms with van der Waals surface area (Å²) in [5.41, 5.74) is 0.687. The fourth-order valence-corrected chi connectivity index (χ4v) is 3.87. The Balaban J connectivity index is 1.74. The Hall–Kier alpha value is -1.62. The van der Waals surface area contributed by atoms with Crippen LogP contribution in [0.2, 0.25) is 0 Å². The smallest absolute Gasteiger partial charge is 0.254 e. The molecule has 1 unspecified atom stereocenters. The van der Waals surface area contributed by atoms with E-state index in [1.807, 2.05) is 12.1 Å². The number of piperidine rings is 1. The summed E-state index contributed by atoms with van der Waals surface area (Å²) in [6, 6.07) is 4.31. The molecule has 3 rings (SSSR count). The summed E-state index contributed by atoms with van der Waals surface area (Å²) in [6.07, 6.45) is 9.61. The molecular formula is C18H28N4O. The first-order valence-corrected chi connectivity index (χ1v) is 8.95. The van der Waals surface area contributed by atoms with Crippen molar-refractivity contribution in [2.45, 2.75) is 44.6 Å². The summed E-state index contributed by atoms with van der Waals surface area (Å²) in [5.74, 6) is 0.788.